The molecule has 2 saturated heterocycles. The van der Waals surface area contributed by atoms with Crippen molar-refractivity contribution in [1.29, 1.82) is 0 Å². The van der Waals surface area contributed by atoms with E-state index in [1.54, 1.807) is 0 Å². The molecule has 6 atom stereocenters. The maximum Gasteiger partial charge on any atom is 0.334 e. The van der Waals surface area contributed by atoms with Crippen molar-refractivity contribution in [3.8, 4) is 0 Å². The van der Waals surface area contributed by atoms with Crippen LogP contribution in [0.3, 0.4) is 0 Å². The standard InChI is InChI=1S/C21H30O6/c1-11(2)10-24-17-9-21(6)18(27-21)8-15(25-14(5)22)12(3)7-16-19(17)13(4)20(23)26-16/h7,11,15-19H,4,8-10H2,1-3,5-6H3/b12-7-/t15-,16-,17+,18+,19-,21-/m0/s1. The van der Waals surface area contributed by atoms with Crippen LogP contribution in [-0.4, -0.2) is 48.6 Å². The first-order chi connectivity index (χ1) is 12.6. The van der Waals surface area contributed by atoms with Crippen LogP contribution in [0.4, 0.5) is 0 Å². The molecule has 2 aliphatic heterocycles. The van der Waals surface area contributed by atoms with Crippen molar-refractivity contribution in [2.45, 2.75) is 77.5 Å². The first-order valence-electron chi connectivity index (χ1n) is 9.65. The molecule has 0 spiro atoms. The van der Waals surface area contributed by atoms with Crippen molar-refractivity contribution < 1.29 is 28.5 Å². The maximum atomic E-state index is 12.2. The number of fused-ring (bicyclic) bond motifs is 2. The van der Waals surface area contributed by atoms with E-state index in [4.69, 9.17) is 18.9 Å². The van der Waals surface area contributed by atoms with Gasteiger partial charge in [0.05, 0.1) is 23.7 Å². The largest absolute Gasteiger partial charge is 0.458 e. The van der Waals surface area contributed by atoms with Crippen LogP contribution in [0.15, 0.2) is 23.8 Å². The monoisotopic (exact) mass is 378 g/mol. The van der Waals surface area contributed by atoms with E-state index in [0.717, 1.165) is 5.57 Å². The van der Waals surface area contributed by atoms with Crippen molar-refractivity contribution in [3.63, 3.8) is 0 Å². The number of esters is 2. The molecule has 6 nitrogen and oxygen atoms in total. The van der Waals surface area contributed by atoms with Crippen LogP contribution in [0.25, 0.3) is 0 Å². The van der Waals surface area contributed by atoms with E-state index in [9.17, 15) is 9.59 Å². The van der Waals surface area contributed by atoms with E-state index in [-0.39, 0.29) is 29.7 Å². The van der Waals surface area contributed by atoms with Crippen molar-refractivity contribution >= 4 is 11.9 Å². The second kappa shape index (κ2) is 7.40. The number of ether oxygens (including phenoxy) is 4. The summed E-state index contributed by atoms with van der Waals surface area (Å²) in [6.07, 6.45) is 2.00. The molecule has 0 N–H and O–H groups in total. The molecule has 3 rings (SSSR count). The summed E-state index contributed by atoms with van der Waals surface area (Å²) in [7, 11) is 0. The molecule has 0 aromatic heterocycles. The highest BCUT2D eigenvalue weighted by atomic mass is 16.6. The number of hydrogen-bond acceptors (Lipinski definition) is 6. The number of hydrogen-bond donors (Lipinski definition) is 0. The minimum Gasteiger partial charge on any atom is -0.458 e. The molecule has 6 heteroatoms. The Bertz CT molecular complexity index is 666. The Hall–Kier alpha value is -1.66. The molecule has 0 unspecified atom stereocenters. The van der Waals surface area contributed by atoms with Crippen LogP contribution in [0, 0.1) is 11.8 Å². The Balaban J connectivity index is 1.94. The minimum atomic E-state index is -0.473. The van der Waals surface area contributed by atoms with Gasteiger partial charge in [-0.2, -0.15) is 0 Å². The summed E-state index contributed by atoms with van der Waals surface area (Å²) < 4.78 is 23.3. The first-order valence-corrected chi connectivity index (χ1v) is 9.65. The van der Waals surface area contributed by atoms with E-state index in [2.05, 4.69) is 20.4 Å². The lowest BCUT2D eigenvalue weighted by molar-refractivity contribution is -0.145. The lowest BCUT2D eigenvalue weighted by Gasteiger charge is -2.30. The molecule has 3 aliphatic rings. The van der Waals surface area contributed by atoms with Crippen molar-refractivity contribution in [1.82, 2.24) is 0 Å². The number of epoxide rings is 1. The third-order valence-corrected chi connectivity index (χ3v) is 5.62. The molecule has 0 aromatic carbocycles. The first kappa shape index (κ1) is 20.1. The Morgan fingerprint density at radius 1 is 1.44 bits per heavy atom. The molecular weight excluding hydrogens is 348 g/mol. The fraction of sp³-hybridized carbons (Fsp3) is 0.714. The SMILES string of the molecule is C=C1C(=O)O[C@H]2/C=C(/C)[C@@H](OC(C)=O)C[C@H]3O[C@@]3(C)C[C@@H](OCC(C)C)[C@@H]12. The van der Waals surface area contributed by atoms with Crippen molar-refractivity contribution in [2.75, 3.05) is 6.61 Å². The zero-order valence-corrected chi connectivity index (χ0v) is 16.8. The van der Waals surface area contributed by atoms with Gasteiger partial charge in [0.15, 0.2) is 0 Å². The average Bonchev–Trinajstić information content (AvgIpc) is 3.10. The predicted molar refractivity (Wildman–Crippen MR) is 98.9 cm³/mol. The molecule has 1 aliphatic carbocycles. The van der Waals surface area contributed by atoms with Gasteiger partial charge in [-0.25, -0.2) is 4.79 Å². The van der Waals surface area contributed by atoms with Gasteiger partial charge in [0.2, 0.25) is 0 Å². The number of carbonyl (C=O) groups excluding carboxylic acids is 2. The quantitative estimate of drug-likeness (QED) is 0.324. The lowest BCUT2D eigenvalue weighted by atomic mass is 9.82. The van der Waals surface area contributed by atoms with E-state index in [1.807, 2.05) is 19.9 Å². The fourth-order valence-corrected chi connectivity index (χ4v) is 4.04. The second-order valence-electron chi connectivity index (χ2n) is 8.55. The Kier molecular flexibility index (Phi) is 5.50. The van der Waals surface area contributed by atoms with Gasteiger partial charge in [-0.1, -0.05) is 20.4 Å². The molecule has 2 fully saturated rings. The smallest absolute Gasteiger partial charge is 0.334 e. The Labute approximate surface area is 160 Å². The highest BCUT2D eigenvalue weighted by Crippen LogP contribution is 2.48. The summed E-state index contributed by atoms with van der Waals surface area (Å²) in [6.45, 7) is 14.1. The number of rotatable bonds is 4. The maximum absolute atomic E-state index is 12.2. The minimum absolute atomic E-state index is 0.0156. The third-order valence-electron chi connectivity index (χ3n) is 5.62. The summed E-state index contributed by atoms with van der Waals surface area (Å²) in [5.41, 5.74) is 0.919. The Morgan fingerprint density at radius 2 is 2.15 bits per heavy atom. The molecule has 0 radical (unpaired) electrons. The summed E-state index contributed by atoms with van der Waals surface area (Å²) in [5, 5.41) is 0. The highest BCUT2D eigenvalue weighted by molar-refractivity contribution is 5.91. The molecule has 27 heavy (non-hydrogen) atoms. The molecule has 150 valence electrons. The zero-order valence-electron chi connectivity index (χ0n) is 16.8. The van der Waals surface area contributed by atoms with Crippen LogP contribution >= 0.6 is 0 Å². The topological polar surface area (TPSA) is 74.4 Å². The molecule has 0 bridgehead atoms. The normalized spacial score (nSPS) is 40.5. The average molecular weight is 378 g/mol. The lowest BCUT2D eigenvalue weighted by Crippen LogP contribution is -2.37. The predicted octanol–water partition coefficient (Wildman–Crippen LogP) is 2.95. The summed E-state index contributed by atoms with van der Waals surface area (Å²) in [4.78, 5) is 23.8. The summed E-state index contributed by atoms with van der Waals surface area (Å²) in [5.74, 6) is -0.632. The van der Waals surface area contributed by atoms with Crippen LogP contribution in [0.2, 0.25) is 0 Å². The summed E-state index contributed by atoms with van der Waals surface area (Å²) in [6, 6.07) is 0. The van der Waals surface area contributed by atoms with Gasteiger partial charge in [-0.05, 0) is 31.4 Å². The van der Waals surface area contributed by atoms with Gasteiger partial charge < -0.3 is 18.9 Å². The molecule has 0 amide bonds. The van der Waals surface area contributed by atoms with E-state index in [0.29, 0.717) is 30.9 Å². The van der Waals surface area contributed by atoms with Crippen molar-refractivity contribution in [2.24, 2.45) is 11.8 Å². The van der Waals surface area contributed by atoms with Crippen LogP contribution in [0.5, 0.6) is 0 Å². The fourth-order valence-electron chi connectivity index (χ4n) is 4.04. The van der Waals surface area contributed by atoms with Gasteiger partial charge >= 0.3 is 11.9 Å². The van der Waals surface area contributed by atoms with Crippen molar-refractivity contribution in [3.05, 3.63) is 23.8 Å². The second-order valence-corrected chi connectivity index (χ2v) is 8.55. The van der Waals surface area contributed by atoms with Gasteiger partial charge in [0, 0.05) is 31.9 Å². The molecule has 0 saturated carbocycles. The zero-order chi connectivity index (χ0) is 19.9. The summed E-state index contributed by atoms with van der Waals surface area (Å²) >= 11 is 0. The van der Waals surface area contributed by atoms with Crippen LogP contribution < -0.4 is 0 Å². The van der Waals surface area contributed by atoms with Gasteiger partial charge in [0.1, 0.15) is 12.2 Å². The molecule has 2 heterocycles. The van der Waals surface area contributed by atoms with E-state index in [1.165, 1.54) is 6.92 Å². The van der Waals surface area contributed by atoms with Crippen LogP contribution in [0.1, 0.15) is 47.5 Å². The number of carbonyl (C=O) groups is 2. The van der Waals surface area contributed by atoms with E-state index >= 15 is 0 Å². The Morgan fingerprint density at radius 3 is 2.78 bits per heavy atom. The van der Waals surface area contributed by atoms with Gasteiger partial charge in [-0.3, -0.25) is 4.79 Å². The van der Waals surface area contributed by atoms with E-state index < -0.39 is 18.2 Å². The third kappa shape index (κ3) is 4.27. The van der Waals surface area contributed by atoms with Gasteiger partial charge in [-0.15, -0.1) is 0 Å². The molecular formula is C21H30O6. The molecule has 0 aromatic rings. The van der Waals surface area contributed by atoms with Crippen LogP contribution in [-0.2, 0) is 28.5 Å². The van der Waals surface area contributed by atoms with Gasteiger partial charge in [0.25, 0.3) is 0 Å². The highest BCUT2D eigenvalue weighted by Gasteiger charge is 2.57.